The van der Waals surface area contributed by atoms with Gasteiger partial charge in [0.25, 0.3) is 0 Å². The van der Waals surface area contributed by atoms with Crippen molar-refractivity contribution in [1.82, 2.24) is 9.62 Å². The van der Waals surface area contributed by atoms with E-state index < -0.39 is 10.0 Å². The molecule has 0 amide bonds. The fourth-order valence-corrected chi connectivity index (χ4v) is 6.50. The Bertz CT molecular complexity index is 881. The summed E-state index contributed by atoms with van der Waals surface area (Å²) in [5.41, 5.74) is 1.77. The molecule has 3 fully saturated rings. The molecule has 4 rings (SSSR count). The van der Waals surface area contributed by atoms with Crippen molar-refractivity contribution in [3.8, 4) is 0 Å². The highest BCUT2D eigenvalue weighted by Gasteiger charge is 2.28. The fraction of sp³-hybridized carbons (Fsp3) is 0.682. The van der Waals surface area contributed by atoms with Crippen LogP contribution >= 0.6 is 12.2 Å². The summed E-state index contributed by atoms with van der Waals surface area (Å²) in [5.74, 6) is 0.583. The van der Waals surface area contributed by atoms with Gasteiger partial charge in [-0.3, -0.25) is 0 Å². The van der Waals surface area contributed by atoms with Crippen LogP contribution in [-0.4, -0.2) is 63.3 Å². The average Bonchev–Trinajstić information content (AvgIpc) is 3.30. The molecular formula is C22H34N4O3S2. The molecule has 1 aromatic carbocycles. The highest BCUT2D eigenvalue weighted by Crippen LogP contribution is 2.33. The number of nitrogens with one attached hydrogen (secondary N) is 2. The standard InChI is InChI=1S/C22H34N4O3S2/c1-17-6-2-3-7-19(17)23-22(30)24-20-16-18(8-9-21(20)25-10-4-5-11-25)31(27,28)26-12-14-29-15-13-26/h8-9,16-17,19H,2-7,10-15H2,1H3,(H2,23,24,30). The largest absolute Gasteiger partial charge is 0.379 e. The van der Waals surface area contributed by atoms with E-state index in [0.717, 1.165) is 43.7 Å². The molecule has 31 heavy (non-hydrogen) atoms. The van der Waals surface area contributed by atoms with Gasteiger partial charge in [-0.25, -0.2) is 8.42 Å². The number of benzene rings is 1. The third-order valence-electron chi connectivity index (χ3n) is 6.70. The SMILES string of the molecule is CC1CCCCC1NC(=S)Nc1cc(S(=O)(=O)N2CCOCC2)ccc1N1CCCC1. The van der Waals surface area contributed by atoms with Crippen LogP contribution in [0.5, 0.6) is 0 Å². The van der Waals surface area contributed by atoms with Crippen LogP contribution < -0.4 is 15.5 Å². The number of sulfonamides is 1. The van der Waals surface area contributed by atoms with E-state index in [2.05, 4.69) is 22.5 Å². The van der Waals surface area contributed by atoms with E-state index in [-0.39, 0.29) is 0 Å². The summed E-state index contributed by atoms with van der Waals surface area (Å²) >= 11 is 5.65. The Hall–Kier alpha value is -1.42. The van der Waals surface area contributed by atoms with Gasteiger partial charge >= 0.3 is 0 Å². The average molecular weight is 467 g/mol. The van der Waals surface area contributed by atoms with Crippen molar-refractivity contribution in [2.45, 2.75) is 56.4 Å². The number of nitrogens with zero attached hydrogens (tertiary/aromatic N) is 2. The lowest BCUT2D eigenvalue weighted by Gasteiger charge is -2.31. The van der Waals surface area contributed by atoms with Gasteiger partial charge in [0.1, 0.15) is 0 Å². The topological polar surface area (TPSA) is 73.9 Å². The van der Waals surface area contributed by atoms with Gasteiger partial charge in [0.2, 0.25) is 10.0 Å². The van der Waals surface area contributed by atoms with E-state index in [4.69, 9.17) is 17.0 Å². The minimum absolute atomic E-state index is 0.300. The summed E-state index contributed by atoms with van der Waals surface area (Å²) in [5, 5.41) is 7.39. The molecule has 2 N–H and O–H groups in total. The molecule has 2 saturated heterocycles. The lowest BCUT2D eigenvalue weighted by Crippen LogP contribution is -2.43. The number of morpholine rings is 1. The normalized spacial score (nSPS) is 25.4. The van der Waals surface area contributed by atoms with Crippen LogP contribution in [0.4, 0.5) is 11.4 Å². The first-order valence-corrected chi connectivity index (χ1v) is 13.3. The molecule has 9 heteroatoms. The zero-order chi connectivity index (χ0) is 21.8. The number of hydrogen-bond acceptors (Lipinski definition) is 5. The second-order valence-corrected chi connectivity index (χ2v) is 11.2. The Kier molecular flexibility index (Phi) is 7.36. The van der Waals surface area contributed by atoms with Crippen molar-refractivity contribution < 1.29 is 13.2 Å². The van der Waals surface area contributed by atoms with Crippen molar-refractivity contribution in [3.05, 3.63) is 18.2 Å². The number of hydrogen-bond donors (Lipinski definition) is 2. The third kappa shape index (κ3) is 5.32. The first-order chi connectivity index (χ1) is 14.9. The van der Waals surface area contributed by atoms with Crippen molar-refractivity contribution in [3.63, 3.8) is 0 Å². The van der Waals surface area contributed by atoms with Gasteiger partial charge in [-0.05, 0) is 62.0 Å². The number of ether oxygens (including phenoxy) is 1. The Morgan fingerprint density at radius 3 is 2.48 bits per heavy atom. The summed E-state index contributed by atoms with van der Waals surface area (Å²) in [6.45, 7) is 5.86. The van der Waals surface area contributed by atoms with Crippen molar-refractivity contribution in [2.75, 3.05) is 49.6 Å². The van der Waals surface area contributed by atoms with Crippen molar-refractivity contribution >= 4 is 38.7 Å². The van der Waals surface area contributed by atoms with Gasteiger partial charge < -0.3 is 20.3 Å². The number of anilines is 2. The zero-order valence-electron chi connectivity index (χ0n) is 18.3. The molecule has 3 aliphatic rings. The molecule has 1 aromatic rings. The van der Waals surface area contributed by atoms with Crippen LogP contribution in [0.25, 0.3) is 0 Å². The van der Waals surface area contributed by atoms with Gasteiger partial charge in [-0.15, -0.1) is 0 Å². The summed E-state index contributed by atoms with van der Waals surface area (Å²) in [4.78, 5) is 2.60. The smallest absolute Gasteiger partial charge is 0.243 e. The fourth-order valence-electron chi connectivity index (χ4n) is 4.80. The van der Waals surface area contributed by atoms with Gasteiger partial charge in [0, 0.05) is 32.2 Å². The Morgan fingerprint density at radius 2 is 1.77 bits per heavy atom. The maximum Gasteiger partial charge on any atom is 0.243 e. The van der Waals surface area contributed by atoms with Crippen LogP contribution in [-0.2, 0) is 14.8 Å². The Labute approximate surface area is 191 Å². The van der Waals surface area contributed by atoms with Crippen LogP contribution in [0.3, 0.4) is 0 Å². The molecule has 2 atom stereocenters. The summed E-state index contributed by atoms with van der Waals surface area (Å²) in [6, 6.07) is 5.76. The summed E-state index contributed by atoms with van der Waals surface area (Å²) in [7, 11) is -3.57. The second-order valence-electron chi connectivity index (χ2n) is 8.86. The molecule has 7 nitrogen and oxygen atoms in total. The Morgan fingerprint density at radius 1 is 1.06 bits per heavy atom. The van der Waals surface area contributed by atoms with Crippen LogP contribution in [0.2, 0.25) is 0 Å². The minimum atomic E-state index is -3.57. The molecule has 0 radical (unpaired) electrons. The first kappa shape index (κ1) is 22.8. The van der Waals surface area contributed by atoms with Crippen LogP contribution in [0.1, 0.15) is 45.4 Å². The van der Waals surface area contributed by atoms with Gasteiger partial charge in [0.05, 0.1) is 29.5 Å². The molecular weight excluding hydrogens is 432 g/mol. The summed E-state index contributed by atoms with van der Waals surface area (Å²) < 4.78 is 33.2. The molecule has 0 aromatic heterocycles. The second kappa shape index (κ2) is 10.0. The molecule has 2 heterocycles. The van der Waals surface area contributed by atoms with Crippen LogP contribution in [0.15, 0.2) is 23.1 Å². The van der Waals surface area contributed by atoms with Crippen molar-refractivity contribution in [2.24, 2.45) is 5.92 Å². The molecule has 172 valence electrons. The van der Waals surface area contributed by atoms with E-state index in [1.54, 1.807) is 12.1 Å². The molecule has 1 aliphatic carbocycles. The van der Waals surface area contributed by atoms with E-state index in [9.17, 15) is 8.42 Å². The van der Waals surface area contributed by atoms with Crippen molar-refractivity contribution in [1.29, 1.82) is 0 Å². The molecule has 2 aliphatic heterocycles. The predicted octanol–water partition coefficient (Wildman–Crippen LogP) is 3.17. The summed E-state index contributed by atoms with van der Waals surface area (Å²) in [6.07, 6.45) is 7.13. The molecule has 2 unspecified atom stereocenters. The third-order valence-corrected chi connectivity index (χ3v) is 8.81. The Balaban J connectivity index is 1.57. The van der Waals surface area contributed by atoms with E-state index in [0.29, 0.717) is 48.3 Å². The number of rotatable bonds is 5. The molecule has 0 spiro atoms. The maximum atomic E-state index is 13.2. The van der Waals surface area contributed by atoms with Gasteiger partial charge in [-0.2, -0.15) is 4.31 Å². The highest BCUT2D eigenvalue weighted by atomic mass is 32.2. The minimum Gasteiger partial charge on any atom is -0.379 e. The van der Waals surface area contributed by atoms with Crippen LogP contribution in [0, 0.1) is 5.92 Å². The molecule has 1 saturated carbocycles. The lowest BCUT2D eigenvalue weighted by molar-refractivity contribution is 0.0730. The van der Waals surface area contributed by atoms with E-state index in [1.165, 1.54) is 23.6 Å². The van der Waals surface area contributed by atoms with Gasteiger partial charge in [-0.1, -0.05) is 19.8 Å². The molecule has 0 bridgehead atoms. The quantitative estimate of drug-likeness (QED) is 0.646. The maximum absolute atomic E-state index is 13.2. The highest BCUT2D eigenvalue weighted by molar-refractivity contribution is 7.89. The van der Waals surface area contributed by atoms with Gasteiger partial charge in [0.15, 0.2) is 5.11 Å². The van der Waals surface area contributed by atoms with E-state index >= 15 is 0 Å². The predicted molar refractivity (Wildman–Crippen MR) is 128 cm³/mol. The van der Waals surface area contributed by atoms with E-state index in [1.807, 2.05) is 6.07 Å². The lowest BCUT2D eigenvalue weighted by atomic mass is 9.86. The monoisotopic (exact) mass is 466 g/mol. The first-order valence-electron chi connectivity index (χ1n) is 11.5. The number of thiocarbonyl (C=S) groups is 1. The zero-order valence-corrected chi connectivity index (χ0v) is 19.9.